The molecule has 1 atom stereocenters. The Morgan fingerprint density at radius 3 is 2.62 bits per heavy atom. The number of hydrogen-bond acceptors (Lipinski definition) is 1. The summed E-state index contributed by atoms with van der Waals surface area (Å²) >= 11 is 0. The smallest absolute Gasteiger partial charge is 0.225 e. The first-order valence-corrected chi connectivity index (χ1v) is 6.96. The van der Waals surface area contributed by atoms with E-state index in [1.807, 2.05) is 6.08 Å². The monoisotopic (exact) mass is 202 g/mol. The summed E-state index contributed by atoms with van der Waals surface area (Å²) in [6.45, 7) is 2.07. The molecule has 0 aliphatic heterocycles. The zero-order chi connectivity index (χ0) is 9.73. The Balaban J connectivity index is 2.48. The minimum Gasteiger partial charge on any atom is -0.341 e. The first-order chi connectivity index (χ1) is 6.17. The molecule has 1 N–H and O–H groups in total. The molecular weight excluding hydrogens is 183 g/mol. The lowest BCUT2D eigenvalue weighted by Crippen LogP contribution is -1.99. The second kappa shape index (κ2) is 4.97. The molecule has 0 aromatic rings. The van der Waals surface area contributed by atoms with E-state index < -0.39 is 7.37 Å². The zero-order valence-electron chi connectivity index (χ0n) is 8.28. The average molecular weight is 202 g/mol. The molecule has 0 amide bonds. The van der Waals surface area contributed by atoms with Gasteiger partial charge in [0.1, 0.15) is 0 Å². The third-order valence-corrected chi connectivity index (χ3v) is 4.82. The van der Waals surface area contributed by atoms with E-state index in [9.17, 15) is 9.46 Å². The normalized spacial score (nSPS) is 23.8. The summed E-state index contributed by atoms with van der Waals surface area (Å²) in [6, 6.07) is 0. The third kappa shape index (κ3) is 3.28. The van der Waals surface area contributed by atoms with Crippen LogP contribution in [-0.2, 0) is 4.57 Å². The Morgan fingerprint density at radius 2 is 2.08 bits per heavy atom. The molecule has 1 saturated carbocycles. The summed E-state index contributed by atoms with van der Waals surface area (Å²) in [6.07, 6.45) is 7.93. The van der Waals surface area contributed by atoms with Crippen molar-refractivity contribution in [3.63, 3.8) is 0 Å². The minimum atomic E-state index is -2.95. The van der Waals surface area contributed by atoms with Crippen LogP contribution in [0, 0.1) is 0 Å². The second-order valence-electron chi connectivity index (χ2n) is 3.78. The molecule has 0 heterocycles. The van der Waals surface area contributed by atoms with E-state index in [2.05, 4.69) is 6.92 Å². The molecule has 0 radical (unpaired) electrons. The quantitative estimate of drug-likeness (QED) is 0.708. The Labute approximate surface area is 80.5 Å². The van der Waals surface area contributed by atoms with Crippen LogP contribution in [0.15, 0.2) is 11.9 Å². The highest BCUT2D eigenvalue weighted by atomic mass is 31.2. The van der Waals surface area contributed by atoms with Crippen LogP contribution in [0.2, 0.25) is 0 Å². The molecule has 1 aliphatic carbocycles. The summed E-state index contributed by atoms with van der Waals surface area (Å²) in [4.78, 5) is 9.71. The van der Waals surface area contributed by atoms with Gasteiger partial charge in [0.05, 0.1) is 0 Å². The number of rotatable bonds is 4. The van der Waals surface area contributed by atoms with Gasteiger partial charge in [-0.05, 0) is 25.1 Å². The van der Waals surface area contributed by atoms with Gasteiger partial charge in [0.25, 0.3) is 0 Å². The molecule has 76 valence electrons. The molecule has 0 aromatic heterocycles. The molecule has 0 aromatic carbocycles. The largest absolute Gasteiger partial charge is 0.341 e. The number of allylic oxidation sites excluding steroid dienone is 1. The van der Waals surface area contributed by atoms with Gasteiger partial charge in [0.15, 0.2) is 0 Å². The molecule has 1 aliphatic rings. The lowest BCUT2D eigenvalue weighted by Gasteiger charge is -2.13. The third-order valence-electron chi connectivity index (χ3n) is 2.62. The first kappa shape index (κ1) is 11.0. The van der Waals surface area contributed by atoms with Crippen molar-refractivity contribution in [3.8, 4) is 0 Å². The van der Waals surface area contributed by atoms with Gasteiger partial charge in [-0.15, -0.1) is 0 Å². The summed E-state index contributed by atoms with van der Waals surface area (Å²) in [5, 5.41) is 0. The lowest BCUT2D eigenvalue weighted by atomic mass is 10.3. The van der Waals surface area contributed by atoms with Crippen molar-refractivity contribution < 1.29 is 9.46 Å². The van der Waals surface area contributed by atoms with Crippen molar-refractivity contribution in [1.29, 1.82) is 0 Å². The van der Waals surface area contributed by atoms with Crippen LogP contribution in [0.3, 0.4) is 0 Å². The van der Waals surface area contributed by atoms with E-state index in [0.717, 1.165) is 38.5 Å². The van der Waals surface area contributed by atoms with Gasteiger partial charge in [-0.1, -0.05) is 32.3 Å². The van der Waals surface area contributed by atoms with E-state index in [4.69, 9.17) is 0 Å². The van der Waals surface area contributed by atoms with Gasteiger partial charge in [-0.2, -0.15) is 0 Å². The Bertz CT molecular complexity index is 217. The van der Waals surface area contributed by atoms with Gasteiger partial charge in [-0.3, -0.25) is 4.57 Å². The fourth-order valence-corrected chi connectivity index (χ4v) is 3.59. The highest BCUT2D eigenvalue weighted by Gasteiger charge is 2.30. The van der Waals surface area contributed by atoms with Crippen molar-refractivity contribution in [2.24, 2.45) is 0 Å². The molecule has 0 saturated heterocycles. The SMILES string of the molecule is CCCC=CP(=O)(O)C1CCCC1. The van der Waals surface area contributed by atoms with Crippen LogP contribution in [0.1, 0.15) is 45.4 Å². The van der Waals surface area contributed by atoms with Crippen LogP contribution in [0.4, 0.5) is 0 Å². The van der Waals surface area contributed by atoms with E-state index in [-0.39, 0.29) is 5.66 Å². The highest BCUT2D eigenvalue weighted by Crippen LogP contribution is 2.54. The summed E-state index contributed by atoms with van der Waals surface area (Å²) in [5.74, 6) is 1.56. The fraction of sp³-hybridized carbons (Fsp3) is 0.800. The zero-order valence-corrected chi connectivity index (χ0v) is 9.17. The second-order valence-corrected chi connectivity index (χ2v) is 6.16. The Kier molecular flexibility index (Phi) is 4.21. The van der Waals surface area contributed by atoms with E-state index in [0.29, 0.717) is 0 Å². The minimum absolute atomic E-state index is 0.0561. The van der Waals surface area contributed by atoms with Crippen LogP contribution in [0.25, 0.3) is 0 Å². The molecule has 0 spiro atoms. The van der Waals surface area contributed by atoms with Gasteiger partial charge in [-0.25, -0.2) is 0 Å². The number of hydrogen-bond donors (Lipinski definition) is 1. The van der Waals surface area contributed by atoms with E-state index >= 15 is 0 Å². The lowest BCUT2D eigenvalue weighted by molar-refractivity contribution is 0.473. The molecule has 3 heteroatoms. The van der Waals surface area contributed by atoms with Gasteiger partial charge in [0.2, 0.25) is 7.37 Å². The van der Waals surface area contributed by atoms with Gasteiger partial charge in [0, 0.05) is 5.66 Å². The first-order valence-electron chi connectivity index (χ1n) is 5.16. The van der Waals surface area contributed by atoms with Crippen LogP contribution in [-0.4, -0.2) is 10.6 Å². The topological polar surface area (TPSA) is 37.3 Å². The molecule has 1 fully saturated rings. The van der Waals surface area contributed by atoms with Crippen LogP contribution in [0.5, 0.6) is 0 Å². The Hall–Kier alpha value is -0.0700. The van der Waals surface area contributed by atoms with Gasteiger partial charge < -0.3 is 4.89 Å². The van der Waals surface area contributed by atoms with Crippen molar-refractivity contribution >= 4 is 7.37 Å². The maximum absolute atomic E-state index is 11.8. The molecular formula is C10H19O2P. The van der Waals surface area contributed by atoms with Crippen molar-refractivity contribution in [1.82, 2.24) is 0 Å². The molecule has 13 heavy (non-hydrogen) atoms. The molecule has 1 rings (SSSR count). The van der Waals surface area contributed by atoms with Crippen molar-refractivity contribution in [2.75, 3.05) is 0 Å². The summed E-state index contributed by atoms with van der Waals surface area (Å²) in [5.41, 5.74) is 0.0561. The molecule has 2 nitrogen and oxygen atoms in total. The molecule has 0 bridgehead atoms. The summed E-state index contributed by atoms with van der Waals surface area (Å²) < 4.78 is 11.8. The van der Waals surface area contributed by atoms with Crippen LogP contribution >= 0.6 is 7.37 Å². The van der Waals surface area contributed by atoms with Crippen LogP contribution < -0.4 is 0 Å². The average Bonchev–Trinajstić information content (AvgIpc) is 2.56. The maximum atomic E-state index is 11.8. The van der Waals surface area contributed by atoms with E-state index in [1.54, 1.807) is 5.82 Å². The Morgan fingerprint density at radius 1 is 1.46 bits per heavy atom. The molecule has 1 unspecified atom stereocenters. The van der Waals surface area contributed by atoms with E-state index in [1.165, 1.54) is 0 Å². The summed E-state index contributed by atoms with van der Waals surface area (Å²) in [7, 11) is -2.95. The predicted molar refractivity (Wildman–Crippen MR) is 56.1 cm³/mol. The predicted octanol–water partition coefficient (Wildman–Crippen LogP) is 3.51. The van der Waals surface area contributed by atoms with Crippen molar-refractivity contribution in [3.05, 3.63) is 11.9 Å². The fourth-order valence-electron chi connectivity index (χ4n) is 1.79. The van der Waals surface area contributed by atoms with Crippen molar-refractivity contribution in [2.45, 2.75) is 51.1 Å². The highest BCUT2D eigenvalue weighted by molar-refractivity contribution is 7.62. The number of unbranched alkanes of at least 4 members (excludes halogenated alkanes) is 1. The standard InChI is InChI=1S/C10H19O2P/c1-2-3-6-9-13(11,12)10-7-4-5-8-10/h6,9-10H,2-5,7-8H2,1H3,(H,11,12). The van der Waals surface area contributed by atoms with Gasteiger partial charge >= 0.3 is 0 Å². The maximum Gasteiger partial charge on any atom is 0.225 e.